The molecular formula is C19H33IN4O3. The molecule has 0 aromatic carbocycles. The maximum Gasteiger partial charge on any atom is 0.191 e. The van der Waals surface area contributed by atoms with E-state index >= 15 is 0 Å². The number of morpholine rings is 1. The largest absolute Gasteiger partial charge is 0.467 e. The van der Waals surface area contributed by atoms with Gasteiger partial charge >= 0.3 is 0 Å². The van der Waals surface area contributed by atoms with E-state index in [0.29, 0.717) is 25.8 Å². The molecule has 8 heteroatoms. The normalized spacial score (nSPS) is 22.9. The van der Waals surface area contributed by atoms with Gasteiger partial charge in [-0.1, -0.05) is 0 Å². The molecule has 0 radical (unpaired) electrons. The van der Waals surface area contributed by atoms with E-state index < -0.39 is 0 Å². The van der Waals surface area contributed by atoms with Gasteiger partial charge in [-0.05, 0) is 44.9 Å². The van der Waals surface area contributed by atoms with Crippen LogP contribution in [0.15, 0.2) is 27.8 Å². The molecule has 2 aliphatic rings. The van der Waals surface area contributed by atoms with Crippen LogP contribution in [-0.2, 0) is 16.1 Å². The first-order valence-electron chi connectivity index (χ1n) is 9.83. The van der Waals surface area contributed by atoms with Crippen LogP contribution in [0.25, 0.3) is 0 Å². The van der Waals surface area contributed by atoms with Crippen molar-refractivity contribution in [3.05, 3.63) is 24.2 Å². The van der Waals surface area contributed by atoms with Crippen molar-refractivity contribution in [3.8, 4) is 0 Å². The lowest BCUT2D eigenvalue weighted by molar-refractivity contribution is -0.0432. The van der Waals surface area contributed by atoms with Gasteiger partial charge in [0.15, 0.2) is 5.96 Å². The van der Waals surface area contributed by atoms with E-state index in [0.717, 1.165) is 44.4 Å². The third-order valence-electron chi connectivity index (χ3n) is 4.84. The van der Waals surface area contributed by atoms with Crippen molar-refractivity contribution < 1.29 is 13.9 Å². The zero-order valence-corrected chi connectivity index (χ0v) is 18.5. The molecule has 2 atom stereocenters. The molecule has 3 rings (SSSR count). The lowest BCUT2D eigenvalue weighted by atomic mass is 10.2. The van der Waals surface area contributed by atoms with Gasteiger partial charge in [0.25, 0.3) is 0 Å². The third kappa shape index (κ3) is 7.59. The van der Waals surface area contributed by atoms with E-state index in [2.05, 4.69) is 22.5 Å². The fourth-order valence-corrected chi connectivity index (χ4v) is 3.48. The van der Waals surface area contributed by atoms with E-state index in [-0.39, 0.29) is 30.1 Å². The van der Waals surface area contributed by atoms with Crippen LogP contribution in [-0.4, -0.2) is 68.9 Å². The minimum atomic E-state index is 0. The fourth-order valence-electron chi connectivity index (χ4n) is 3.48. The highest BCUT2D eigenvalue weighted by molar-refractivity contribution is 14.0. The van der Waals surface area contributed by atoms with Crippen molar-refractivity contribution in [1.82, 2.24) is 15.5 Å². The second-order valence-electron chi connectivity index (χ2n) is 6.88. The number of guanidine groups is 1. The van der Waals surface area contributed by atoms with Gasteiger partial charge < -0.3 is 24.5 Å². The van der Waals surface area contributed by atoms with Crippen LogP contribution in [0.4, 0.5) is 0 Å². The summed E-state index contributed by atoms with van der Waals surface area (Å²) in [6.07, 6.45) is 5.37. The maximum absolute atomic E-state index is 5.98. The zero-order chi connectivity index (χ0) is 18.0. The Morgan fingerprint density at radius 3 is 3.15 bits per heavy atom. The Kier molecular flexibility index (Phi) is 10.5. The Morgan fingerprint density at radius 1 is 1.41 bits per heavy atom. The Hall–Kier alpha value is -0.840. The zero-order valence-electron chi connectivity index (χ0n) is 16.2. The van der Waals surface area contributed by atoms with Crippen molar-refractivity contribution in [3.63, 3.8) is 0 Å². The molecule has 154 valence electrons. The van der Waals surface area contributed by atoms with Crippen molar-refractivity contribution in [2.45, 2.75) is 44.9 Å². The molecule has 2 saturated heterocycles. The van der Waals surface area contributed by atoms with Gasteiger partial charge in [-0.2, -0.15) is 0 Å². The van der Waals surface area contributed by atoms with Crippen LogP contribution in [0.3, 0.4) is 0 Å². The third-order valence-corrected chi connectivity index (χ3v) is 4.84. The van der Waals surface area contributed by atoms with Crippen molar-refractivity contribution in [1.29, 1.82) is 0 Å². The summed E-state index contributed by atoms with van der Waals surface area (Å²) in [5.74, 6) is 1.71. The molecule has 1 aromatic heterocycles. The second-order valence-corrected chi connectivity index (χ2v) is 6.88. The van der Waals surface area contributed by atoms with Crippen molar-refractivity contribution in [2.24, 2.45) is 4.99 Å². The van der Waals surface area contributed by atoms with E-state index in [1.807, 2.05) is 12.1 Å². The van der Waals surface area contributed by atoms with Gasteiger partial charge in [-0.15, -0.1) is 24.0 Å². The number of aliphatic imine (C=N–C) groups is 1. The summed E-state index contributed by atoms with van der Waals surface area (Å²) in [5.41, 5.74) is 0. The van der Waals surface area contributed by atoms with Gasteiger partial charge in [0.2, 0.25) is 0 Å². The average molecular weight is 492 g/mol. The van der Waals surface area contributed by atoms with Gasteiger partial charge in [0.1, 0.15) is 12.4 Å². The number of nitrogens with zero attached hydrogens (tertiary/aromatic N) is 2. The van der Waals surface area contributed by atoms with Gasteiger partial charge in [-0.25, -0.2) is 0 Å². The standard InChI is InChI=1S/C19H32N4O3.HI/c1-2-20-19(21-8-5-10-24-15-17-7-4-11-25-17)22-12-18-13-23-9-3-6-16(23)14-26-18;/h4,7,11,16,18H,2-3,5-6,8-10,12-15H2,1H3,(H2,20,21,22);1H. The molecule has 0 aliphatic carbocycles. The van der Waals surface area contributed by atoms with Crippen LogP contribution in [0, 0.1) is 0 Å². The number of hydrogen-bond donors (Lipinski definition) is 2. The number of rotatable bonds is 9. The first kappa shape index (κ1) is 22.4. The highest BCUT2D eigenvalue weighted by Crippen LogP contribution is 2.22. The number of furan rings is 1. The van der Waals surface area contributed by atoms with Gasteiger partial charge in [-0.3, -0.25) is 9.89 Å². The number of halogens is 1. The molecule has 3 heterocycles. The summed E-state index contributed by atoms with van der Waals surface area (Å²) < 4.78 is 16.8. The molecule has 2 N–H and O–H groups in total. The van der Waals surface area contributed by atoms with Gasteiger partial charge in [0.05, 0.1) is 25.5 Å². The van der Waals surface area contributed by atoms with Gasteiger partial charge in [0, 0.05) is 32.3 Å². The molecule has 27 heavy (non-hydrogen) atoms. The minimum absolute atomic E-state index is 0. The fraction of sp³-hybridized carbons (Fsp3) is 0.737. The number of fused-ring (bicyclic) bond motifs is 1. The van der Waals surface area contributed by atoms with E-state index in [9.17, 15) is 0 Å². The summed E-state index contributed by atoms with van der Waals surface area (Å²) in [6.45, 7) is 8.75. The molecule has 0 saturated carbocycles. The summed E-state index contributed by atoms with van der Waals surface area (Å²) in [4.78, 5) is 7.25. The Bertz CT molecular complexity index is 541. The summed E-state index contributed by atoms with van der Waals surface area (Å²) in [5, 5.41) is 6.66. The molecule has 0 amide bonds. The summed E-state index contributed by atoms with van der Waals surface area (Å²) in [7, 11) is 0. The Balaban J connectivity index is 0.00000261. The average Bonchev–Trinajstić information content (AvgIpc) is 3.33. The molecule has 0 spiro atoms. The van der Waals surface area contributed by atoms with E-state index in [1.165, 1.54) is 19.4 Å². The topological polar surface area (TPSA) is 71.3 Å². The lowest BCUT2D eigenvalue weighted by Crippen LogP contribution is -2.47. The number of nitrogens with one attached hydrogen (secondary N) is 2. The van der Waals surface area contributed by atoms with Crippen LogP contribution in [0.1, 0.15) is 31.9 Å². The highest BCUT2D eigenvalue weighted by Gasteiger charge is 2.31. The minimum Gasteiger partial charge on any atom is -0.467 e. The second kappa shape index (κ2) is 12.6. The molecule has 7 nitrogen and oxygen atoms in total. The molecule has 0 bridgehead atoms. The van der Waals surface area contributed by atoms with Crippen LogP contribution in [0.2, 0.25) is 0 Å². The smallest absolute Gasteiger partial charge is 0.191 e. The molecule has 2 unspecified atom stereocenters. The maximum atomic E-state index is 5.98. The highest BCUT2D eigenvalue weighted by atomic mass is 127. The Morgan fingerprint density at radius 2 is 2.33 bits per heavy atom. The van der Waals surface area contributed by atoms with Crippen molar-refractivity contribution in [2.75, 3.05) is 45.9 Å². The van der Waals surface area contributed by atoms with E-state index in [1.54, 1.807) is 6.26 Å². The number of ether oxygens (including phenoxy) is 2. The predicted molar refractivity (Wildman–Crippen MR) is 117 cm³/mol. The van der Waals surface area contributed by atoms with Crippen LogP contribution < -0.4 is 10.6 Å². The quantitative estimate of drug-likeness (QED) is 0.239. The SMILES string of the molecule is CCNC(=NCC1CN2CCCC2CO1)NCCCOCc1ccco1.I. The van der Waals surface area contributed by atoms with Crippen molar-refractivity contribution >= 4 is 29.9 Å². The molecule has 2 aliphatic heterocycles. The lowest BCUT2D eigenvalue weighted by Gasteiger charge is -2.34. The predicted octanol–water partition coefficient (Wildman–Crippen LogP) is 2.22. The Labute approximate surface area is 179 Å². The van der Waals surface area contributed by atoms with E-state index in [4.69, 9.17) is 18.9 Å². The monoisotopic (exact) mass is 492 g/mol. The summed E-state index contributed by atoms with van der Waals surface area (Å²) >= 11 is 0. The van der Waals surface area contributed by atoms with Crippen LogP contribution in [0.5, 0.6) is 0 Å². The van der Waals surface area contributed by atoms with Crippen LogP contribution >= 0.6 is 24.0 Å². The summed E-state index contributed by atoms with van der Waals surface area (Å²) in [6, 6.07) is 4.44. The first-order chi connectivity index (χ1) is 12.8. The molecular weight excluding hydrogens is 459 g/mol. The molecule has 2 fully saturated rings. The molecule has 1 aromatic rings. The number of hydrogen-bond acceptors (Lipinski definition) is 5. The first-order valence-corrected chi connectivity index (χ1v) is 9.83.